The lowest BCUT2D eigenvalue weighted by atomic mass is 9.92. The molecule has 2 N–H and O–H groups in total. The normalized spacial score (nSPS) is 17.0. The fourth-order valence-electron chi connectivity index (χ4n) is 3.33. The summed E-state index contributed by atoms with van der Waals surface area (Å²) in [4.78, 5) is 27.1. The maximum Gasteiger partial charge on any atom is 0.294 e. The van der Waals surface area contributed by atoms with Gasteiger partial charge >= 0.3 is 0 Å². The van der Waals surface area contributed by atoms with Crippen LogP contribution in [0.15, 0.2) is 53.8 Å². The lowest BCUT2D eigenvalue weighted by Gasteiger charge is -2.27. The van der Waals surface area contributed by atoms with Crippen LogP contribution in [0.3, 0.4) is 0 Å². The second kappa shape index (κ2) is 7.86. The summed E-state index contributed by atoms with van der Waals surface area (Å²) in [6.07, 6.45) is 0.173. The Morgan fingerprint density at radius 2 is 1.75 bits per heavy atom. The summed E-state index contributed by atoms with van der Waals surface area (Å²) in [5.74, 6) is -1.63. The summed E-state index contributed by atoms with van der Waals surface area (Å²) in [5, 5.41) is 21.1. The molecule has 1 amide bonds. The molecule has 3 rings (SSSR count). The highest BCUT2D eigenvalue weighted by molar-refractivity contribution is 6.35. The van der Waals surface area contributed by atoms with Gasteiger partial charge in [0.2, 0.25) is 0 Å². The van der Waals surface area contributed by atoms with Crippen molar-refractivity contribution in [2.45, 2.75) is 26.3 Å². The van der Waals surface area contributed by atoms with Gasteiger partial charge in [0.15, 0.2) is 11.5 Å². The zero-order chi connectivity index (χ0) is 20.6. The Bertz CT molecular complexity index is 964. The number of ketones is 1. The molecule has 7 heteroatoms. The molecule has 1 heterocycles. The van der Waals surface area contributed by atoms with Crippen molar-refractivity contribution in [1.82, 2.24) is 0 Å². The van der Waals surface area contributed by atoms with Crippen molar-refractivity contribution in [3.63, 3.8) is 0 Å². The van der Waals surface area contributed by atoms with E-state index in [2.05, 4.69) is 0 Å². The van der Waals surface area contributed by atoms with E-state index in [-0.39, 0.29) is 29.4 Å². The molecule has 5 nitrogen and oxygen atoms in total. The molecular weight excluding hydrogens is 401 g/mol. The molecule has 146 valence electrons. The first-order valence-electron chi connectivity index (χ1n) is 8.74. The van der Waals surface area contributed by atoms with Crippen molar-refractivity contribution in [3.8, 4) is 5.75 Å². The molecule has 0 aromatic heterocycles. The Hall–Kier alpha value is -2.50. The molecule has 1 aliphatic heterocycles. The van der Waals surface area contributed by atoms with E-state index in [9.17, 15) is 19.8 Å². The SMILES string of the molecule is CC(C)CC(=O)C1=C(O)C(=O)N(c2cc(Cl)cc(Cl)c2)C1c1cccc(O)c1. The third kappa shape index (κ3) is 3.86. The van der Waals surface area contributed by atoms with Crippen LogP contribution < -0.4 is 4.90 Å². The summed E-state index contributed by atoms with van der Waals surface area (Å²) in [6, 6.07) is 9.91. The van der Waals surface area contributed by atoms with Crippen LogP contribution in [0.5, 0.6) is 5.75 Å². The molecule has 0 saturated heterocycles. The number of carbonyl (C=O) groups excluding carboxylic acids is 2. The quantitative estimate of drug-likeness (QED) is 0.696. The number of aromatic hydroxyl groups is 1. The van der Waals surface area contributed by atoms with Gasteiger partial charge in [-0.1, -0.05) is 49.2 Å². The van der Waals surface area contributed by atoms with Gasteiger partial charge in [0.1, 0.15) is 5.75 Å². The fourth-order valence-corrected chi connectivity index (χ4v) is 3.84. The number of rotatable bonds is 5. The van der Waals surface area contributed by atoms with Crippen LogP contribution >= 0.6 is 23.2 Å². The number of nitrogens with zero attached hydrogens (tertiary/aromatic N) is 1. The first kappa shape index (κ1) is 20.2. The number of anilines is 1. The predicted molar refractivity (Wildman–Crippen MR) is 109 cm³/mol. The number of aliphatic hydroxyl groups excluding tert-OH is 1. The van der Waals surface area contributed by atoms with Crippen molar-refractivity contribution >= 4 is 40.6 Å². The number of halogens is 2. The van der Waals surface area contributed by atoms with Gasteiger partial charge in [-0.2, -0.15) is 0 Å². The minimum Gasteiger partial charge on any atom is -0.508 e. The number of carbonyl (C=O) groups is 2. The van der Waals surface area contributed by atoms with Crippen molar-refractivity contribution in [3.05, 3.63) is 69.4 Å². The standard InChI is InChI=1S/C21H19Cl2NO4/c1-11(2)6-17(26)18-19(12-4-3-5-16(25)7-12)24(21(28)20(18)27)15-9-13(22)8-14(23)10-15/h3-5,7-11,19,25,27H,6H2,1-2H3. The van der Waals surface area contributed by atoms with Crippen LogP contribution in [-0.4, -0.2) is 21.9 Å². The zero-order valence-electron chi connectivity index (χ0n) is 15.3. The molecule has 0 bridgehead atoms. The van der Waals surface area contributed by atoms with Gasteiger partial charge in [-0.25, -0.2) is 0 Å². The van der Waals surface area contributed by atoms with Gasteiger partial charge in [0.05, 0.1) is 11.6 Å². The summed E-state index contributed by atoms with van der Waals surface area (Å²) in [5.41, 5.74) is 0.829. The number of phenolic OH excluding ortho intramolecular Hbond substituents is 1. The van der Waals surface area contributed by atoms with Crippen LogP contribution in [0.2, 0.25) is 10.0 Å². The van der Waals surface area contributed by atoms with Crippen LogP contribution in [0.1, 0.15) is 31.9 Å². The molecule has 1 unspecified atom stereocenters. The van der Waals surface area contributed by atoms with E-state index >= 15 is 0 Å². The first-order valence-corrected chi connectivity index (χ1v) is 9.49. The number of aliphatic hydroxyl groups is 1. The van der Waals surface area contributed by atoms with Crippen LogP contribution in [0, 0.1) is 5.92 Å². The highest BCUT2D eigenvalue weighted by Crippen LogP contribution is 2.43. The lowest BCUT2D eigenvalue weighted by molar-refractivity contribution is -0.118. The zero-order valence-corrected chi connectivity index (χ0v) is 16.8. The summed E-state index contributed by atoms with van der Waals surface area (Å²) in [7, 11) is 0. The second-order valence-corrected chi connectivity index (χ2v) is 7.96. The Kier molecular flexibility index (Phi) is 5.68. The highest BCUT2D eigenvalue weighted by atomic mass is 35.5. The second-order valence-electron chi connectivity index (χ2n) is 7.08. The van der Waals surface area contributed by atoms with E-state index in [4.69, 9.17) is 23.2 Å². The molecule has 2 aromatic carbocycles. The van der Waals surface area contributed by atoms with Crippen molar-refractivity contribution in [2.75, 3.05) is 4.90 Å². The minimum absolute atomic E-state index is 0.000368. The summed E-state index contributed by atoms with van der Waals surface area (Å²) in [6.45, 7) is 3.76. The van der Waals surface area contributed by atoms with Crippen LogP contribution in [-0.2, 0) is 9.59 Å². The van der Waals surface area contributed by atoms with E-state index in [1.807, 2.05) is 13.8 Å². The average molecular weight is 420 g/mol. The van der Waals surface area contributed by atoms with Gasteiger partial charge in [-0.3, -0.25) is 14.5 Å². The van der Waals surface area contributed by atoms with E-state index in [0.717, 1.165) is 0 Å². The molecule has 1 atom stereocenters. The van der Waals surface area contributed by atoms with Crippen LogP contribution in [0.4, 0.5) is 5.69 Å². The van der Waals surface area contributed by atoms with Gasteiger partial charge in [0, 0.05) is 22.2 Å². The molecular formula is C21H19Cl2NO4. The molecule has 0 spiro atoms. The number of benzene rings is 2. The monoisotopic (exact) mass is 419 g/mol. The van der Waals surface area contributed by atoms with Gasteiger partial charge < -0.3 is 10.2 Å². The van der Waals surface area contributed by atoms with Crippen LogP contribution in [0.25, 0.3) is 0 Å². The Balaban J connectivity index is 2.19. The van der Waals surface area contributed by atoms with E-state index in [1.54, 1.807) is 12.1 Å². The number of hydrogen-bond acceptors (Lipinski definition) is 4. The lowest BCUT2D eigenvalue weighted by Crippen LogP contribution is -2.31. The molecule has 0 radical (unpaired) electrons. The third-order valence-corrected chi connectivity index (χ3v) is 4.85. The van der Waals surface area contributed by atoms with Crippen molar-refractivity contribution in [2.24, 2.45) is 5.92 Å². The molecule has 1 aliphatic rings. The summed E-state index contributed by atoms with van der Waals surface area (Å²) >= 11 is 12.2. The maximum atomic E-state index is 12.9. The molecule has 28 heavy (non-hydrogen) atoms. The Morgan fingerprint density at radius 3 is 2.32 bits per heavy atom. The number of phenols is 1. The molecule has 0 saturated carbocycles. The van der Waals surface area contributed by atoms with E-state index in [0.29, 0.717) is 21.3 Å². The predicted octanol–water partition coefficient (Wildman–Crippen LogP) is 5.21. The minimum atomic E-state index is -0.902. The fraction of sp³-hybridized carbons (Fsp3) is 0.238. The largest absolute Gasteiger partial charge is 0.508 e. The van der Waals surface area contributed by atoms with E-state index < -0.39 is 17.7 Å². The third-order valence-electron chi connectivity index (χ3n) is 4.41. The maximum absolute atomic E-state index is 12.9. The highest BCUT2D eigenvalue weighted by Gasteiger charge is 2.44. The van der Waals surface area contributed by atoms with Crippen molar-refractivity contribution in [1.29, 1.82) is 0 Å². The summed E-state index contributed by atoms with van der Waals surface area (Å²) < 4.78 is 0. The Morgan fingerprint density at radius 1 is 1.11 bits per heavy atom. The Labute approximate surface area is 172 Å². The first-order chi connectivity index (χ1) is 13.2. The smallest absolute Gasteiger partial charge is 0.294 e. The van der Waals surface area contributed by atoms with Gasteiger partial charge in [0.25, 0.3) is 5.91 Å². The average Bonchev–Trinajstić information content (AvgIpc) is 2.85. The van der Waals surface area contributed by atoms with Gasteiger partial charge in [-0.05, 0) is 41.8 Å². The van der Waals surface area contributed by atoms with Crippen molar-refractivity contribution < 1.29 is 19.8 Å². The van der Waals surface area contributed by atoms with E-state index in [1.165, 1.54) is 35.2 Å². The molecule has 0 fully saturated rings. The molecule has 0 aliphatic carbocycles. The van der Waals surface area contributed by atoms with Gasteiger partial charge in [-0.15, -0.1) is 0 Å². The number of amides is 1. The molecule has 2 aromatic rings. The number of hydrogen-bond donors (Lipinski definition) is 2. The topological polar surface area (TPSA) is 77.8 Å². The number of Topliss-reactive ketones (excluding diaryl/α,β-unsaturated/α-hetero) is 1.